The van der Waals surface area contributed by atoms with Crippen LogP contribution in [0, 0.1) is 5.82 Å². The SMILES string of the molecule is CCC(C)c1ccc(N2Cc3ccccc3N=C2c2cncc(F)c2)cc1. The first-order valence-electron chi connectivity index (χ1n) is 9.30. The molecule has 0 radical (unpaired) electrons. The van der Waals surface area contributed by atoms with Crippen molar-refractivity contribution in [2.45, 2.75) is 32.7 Å². The summed E-state index contributed by atoms with van der Waals surface area (Å²) in [6, 6.07) is 18.1. The van der Waals surface area contributed by atoms with Gasteiger partial charge in [-0.05, 0) is 47.7 Å². The number of para-hydroxylation sites is 1. The molecular weight excluding hydrogens is 337 g/mol. The molecule has 0 bridgehead atoms. The fourth-order valence-electron chi connectivity index (χ4n) is 3.36. The molecule has 1 unspecified atom stereocenters. The second-order valence-corrected chi connectivity index (χ2v) is 6.94. The Morgan fingerprint density at radius 2 is 1.85 bits per heavy atom. The molecule has 0 saturated heterocycles. The van der Waals surface area contributed by atoms with Gasteiger partial charge in [0.15, 0.2) is 0 Å². The fourth-order valence-corrected chi connectivity index (χ4v) is 3.36. The maximum Gasteiger partial charge on any atom is 0.142 e. The van der Waals surface area contributed by atoms with Crippen molar-refractivity contribution in [3.8, 4) is 0 Å². The van der Waals surface area contributed by atoms with E-state index in [0.717, 1.165) is 29.2 Å². The van der Waals surface area contributed by atoms with Gasteiger partial charge in [0.25, 0.3) is 0 Å². The van der Waals surface area contributed by atoms with Crippen molar-refractivity contribution in [1.29, 1.82) is 0 Å². The van der Waals surface area contributed by atoms with Crippen LogP contribution in [0.15, 0.2) is 72.0 Å². The van der Waals surface area contributed by atoms with E-state index >= 15 is 0 Å². The average Bonchev–Trinajstić information content (AvgIpc) is 2.72. The molecule has 0 fully saturated rings. The molecule has 3 nitrogen and oxygen atoms in total. The zero-order valence-corrected chi connectivity index (χ0v) is 15.6. The van der Waals surface area contributed by atoms with Crippen LogP contribution >= 0.6 is 0 Å². The monoisotopic (exact) mass is 359 g/mol. The van der Waals surface area contributed by atoms with Crippen LogP contribution in [0.1, 0.15) is 42.9 Å². The maximum absolute atomic E-state index is 13.8. The molecule has 1 aliphatic rings. The van der Waals surface area contributed by atoms with Crippen LogP contribution in [-0.2, 0) is 6.54 Å². The Hall–Kier alpha value is -3.01. The summed E-state index contributed by atoms with van der Waals surface area (Å²) in [6.07, 6.45) is 3.99. The molecule has 0 aliphatic carbocycles. The third-order valence-corrected chi connectivity index (χ3v) is 5.15. The molecule has 0 spiro atoms. The number of aliphatic imine (C=N–C) groups is 1. The predicted octanol–water partition coefficient (Wildman–Crippen LogP) is 5.83. The topological polar surface area (TPSA) is 28.5 Å². The van der Waals surface area contributed by atoms with E-state index in [2.05, 4.69) is 54.1 Å². The van der Waals surface area contributed by atoms with E-state index in [1.165, 1.54) is 17.8 Å². The van der Waals surface area contributed by atoms with Crippen molar-refractivity contribution in [3.05, 3.63) is 89.5 Å². The smallest absolute Gasteiger partial charge is 0.142 e. The van der Waals surface area contributed by atoms with E-state index in [4.69, 9.17) is 4.99 Å². The van der Waals surface area contributed by atoms with Crippen molar-refractivity contribution in [2.75, 3.05) is 4.90 Å². The zero-order chi connectivity index (χ0) is 18.8. The largest absolute Gasteiger partial charge is 0.321 e. The summed E-state index contributed by atoms with van der Waals surface area (Å²) < 4.78 is 13.8. The maximum atomic E-state index is 13.8. The van der Waals surface area contributed by atoms with Gasteiger partial charge in [0.2, 0.25) is 0 Å². The molecule has 136 valence electrons. The number of pyridine rings is 1. The minimum Gasteiger partial charge on any atom is -0.321 e. The van der Waals surface area contributed by atoms with Gasteiger partial charge in [0.1, 0.15) is 11.7 Å². The highest BCUT2D eigenvalue weighted by Crippen LogP contribution is 2.32. The summed E-state index contributed by atoms with van der Waals surface area (Å²) in [5, 5.41) is 0. The highest BCUT2D eigenvalue weighted by atomic mass is 19.1. The first kappa shape index (κ1) is 17.4. The number of hydrogen-bond acceptors (Lipinski definition) is 3. The number of rotatable bonds is 4. The highest BCUT2D eigenvalue weighted by Gasteiger charge is 2.23. The van der Waals surface area contributed by atoms with Crippen LogP contribution in [-0.4, -0.2) is 10.8 Å². The van der Waals surface area contributed by atoms with Crippen LogP contribution in [0.25, 0.3) is 0 Å². The highest BCUT2D eigenvalue weighted by molar-refractivity contribution is 6.11. The van der Waals surface area contributed by atoms with E-state index in [-0.39, 0.29) is 5.82 Å². The summed E-state index contributed by atoms with van der Waals surface area (Å²) in [6.45, 7) is 5.12. The lowest BCUT2D eigenvalue weighted by atomic mass is 9.98. The normalized spacial score (nSPS) is 14.5. The Morgan fingerprint density at radius 3 is 2.59 bits per heavy atom. The van der Waals surface area contributed by atoms with Crippen LogP contribution in [0.4, 0.5) is 15.8 Å². The molecule has 0 N–H and O–H groups in total. The standard InChI is InChI=1S/C23H22FN3/c1-3-16(2)17-8-10-21(11-9-17)27-15-18-6-4-5-7-22(18)26-23(27)19-12-20(24)14-25-13-19/h4-14,16H,3,15H2,1-2H3. The van der Waals surface area contributed by atoms with E-state index in [1.54, 1.807) is 6.20 Å². The summed E-state index contributed by atoms with van der Waals surface area (Å²) in [7, 11) is 0. The number of aromatic nitrogens is 1. The molecular formula is C23H22FN3. The Balaban J connectivity index is 1.78. The number of fused-ring (bicyclic) bond motifs is 1. The zero-order valence-electron chi connectivity index (χ0n) is 15.6. The lowest BCUT2D eigenvalue weighted by Gasteiger charge is -2.31. The quantitative estimate of drug-likeness (QED) is 0.586. The van der Waals surface area contributed by atoms with E-state index in [9.17, 15) is 4.39 Å². The summed E-state index contributed by atoms with van der Waals surface area (Å²) in [5.74, 6) is 0.889. The lowest BCUT2D eigenvalue weighted by Crippen LogP contribution is -2.33. The second kappa shape index (κ2) is 7.31. The van der Waals surface area contributed by atoms with E-state index in [1.807, 2.05) is 18.2 Å². The van der Waals surface area contributed by atoms with Gasteiger partial charge in [-0.1, -0.05) is 44.2 Å². The van der Waals surface area contributed by atoms with Gasteiger partial charge >= 0.3 is 0 Å². The Morgan fingerprint density at radius 1 is 1.07 bits per heavy atom. The molecule has 0 saturated carbocycles. The van der Waals surface area contributed by atoms with Gasteiger partial charge in [0.05, 0.1) is 18.4 Å². The Labute approximate surface area is 159 Å². The Bertz CT molecular complexity index is 979. The summed E-state index contributed by atoms with van der Waals surface area (Å²) in [5.41, 5.74) is 5.11. The fraction of sp³-hybridized carbons (Fsp3) is 0.217. The molecule has 4 heteroatoms. The molecule has 0 amide bonds. The van der Waals surface area contributed by atoms with Crippen LogP contribution < -0.4 is 4.90 Å². The number of amidine groups is 1. The number of anilines is 1. The first-order valence-corrected chi connectivity index (χ1v) is 9.30. The van der Waals surface area contributed by atoms with Gasteiger partial charge in [-0.25, -0.2) is 9.38 Å². The summed E-state index contributed by atoms with van der Waals surface area (Å²) >= 11 is 0. The first-order chi connectivity index (χ1) is 13.2. The lowest BCUT2D eigenvalue weighted by molar-refractivity contribution is 0.621. The van der Waals surface area contributed by atoms with Crippen molar-refractivity contribution < 1.29 is 4.39 Å². The van der Waals surface area contributed by atoms with Gasteiger partial charge < -0.3 is 4.90 Å². The predicted molar refractivity (Wildman–Crippen MR) is 108 cm³/mol. The second-order valence-electron chi connectivity index (χ2n) is 6.94. The molecule has 2 heterocycles. The van der Waals surface area contributed by atoms with Crippen LogP contribution in [0.5, 0.6) is 0 Å². The van der Waals surface area contributed by atoms with Crippen molar-refractivity contribution in [1.82, 2.24) is 4.98 Å². The number of hydrogen-bond donors (Lipinski definition) is 0. The van der Waals surface area contributed by atoms with Crippen molar-refractivity contribution >= 4 is 17.2 Å². The third-order valence-electron chi connectivity index (χ3n) is 5.15. The third kappa shape index (κ3) is 3.47. The molecule has 27 heavy (non-hydrogen) atoms. The molecule has 4 rings (SSSR count). The molecule has 1 atom stereocenters. The average molecular weight is 359 g/mol. The van der Waals surface area contributed by atoms with E-state index in [0.29, 0.717) is 18.0 Å². The van der Waals surface area contributed by atoms with Gasteiger partial charge in [0, 0.05) is 17.4 Å². The van der Waals surface area contributed by atoms with Crippen LogP contribution in [0.2, 0.25) is 0 Å². The van der Waals surface area contributed by atoms with Crippen molar-refractivity contribution in [3.63, 3.8) is 0 Å². The van der Waals surface area contributed by atoms with Crippen molar-refractivity contribution in [2.24, 2.45) is 4.99 Å². The Kier molecular flexibility index (Phi) is 4.71. The van der Waals surface area contributed by atoms with Gasteiger partial charge in [-0.2, -0.15) is 0 Å². The van der Waals surface area contributed by atoms with Gasteiger partial charge in [-0.15, -0.1) is 0 Å². The van der Waals surface area contributed by atoms with E-state index < -0.39 is 0 Å². The van der Waals surface area contributed by atoms with Gasteiger partial charge in [-0.3, -0.25) is 4.98 Å². The van der Waals surface area contributed by atoms with Crippen LogP contribution in [0.3, 0.4) is 0 Å². The molecule has 3 aromatic rings. The molecule has 1 aromatic heterocycles. The number of nitrogens with zero attached hydrogens (tertiary/aromatic N) is 3. The minimum atomic E-state index is -0.360. The number of benzene rings is 2. The molecule has 2 aromatic carbocycles. The minimum absolute atomic E-state index is 0.360. The summed E-state index contributed by atoms with van der Waals surface area (Å²) in [4.78, 5) is 11.0. The number of halogens is 1. The molecule has 1 aliphatic heterocycles.